The molecule has 17 heavy (non-hydrogen) atoms. The molecule has 0 amide bonds. The van der Waals surface area contributed by atoms with Crippen LogP contribution in [-0.2, 0) is 19.1 Å². The largest absolute Gasteiger partial charge is 0.481 e. The van der Waals surface area contributed by atoms with Crippen molar-refractivity contribution in [3.05, 3.63) is 24.0 Å². The Morgan fingerprint density at radius 2 is 1.88 bits per heavy atom. The Kier molecular flexibility index (Phi) is 5.66. The number of carbonyl (C=O) groups excluding carboxylic acids is 1. The van der Waals surface area contributed by atoms with Gasteiger partial charge in [0.1, 0.15) is 0 Å². The SMILES string of the molecule is C=CC(C(=O)O)C(C)=C(OC(=O)CC)C(=O)O. The van der Waals surface area contributed by atoms with Crippen LogP contribution in [0.1, 0.15) is 20.3 Å². The van der Waals surface area contributed by atoms with Crippen molar-refractivity contribution in [2.24, 2.45) is 5.92 Å². The molecule has 0 fully saturated rings. The number of rotatable bonds is 6. The molecule has 0 radical (unpaired) electrons. The Labute approximate surface area is 98.2 Å². The summed E-state index contributed by atoms with van der Waals surface area (Å²) >= 11 is 0. The Morgan fingerprint density at radius 1 is 1.35 bits per heavy atom. The number of carbonyl (C=O) groups is 3. The minimum atomic E-state index is -1.49. The third kappa shape index (κ3) is 4.10. The van der Waals surface area contributed by atoms with E-state index in [-0.39, 0.29) is 12.0 Å². The molecule has 0 bridgehead atoms. The quantitative estimate of drug-likeness (QED) is 0.314. The van der Waals surface area contributed by atoms with E-state index in [1.807, 2.05) is 0 Å². The zero-order valence-electron chi connectivity index (χ0n) is 9.60. The van der Waals surface area contributed by atoms with E-state index in [1.165, 1.54) is 13.8 Å². The number of ether oxygens (including phenoxy) is 1. The maximum absolute atomic E-state index is 11.0. The summed E-state index contributed by atoms with van der Waals surface area (Å²) in [6, 6.07) is 0. The highest BCUT2D eigenvalue weighted by Crippen LogP contribution is 2.18. The Bertz CT molecular complexity index is 379. The van der Waals surface area contributed by atoms with Gasteiger partial charge in [0, 0.05) is 6.42 Å². The van der Waals surface area contributed by atoms with E-state index < -0.39 is 29.6 Å². The molecule has 0 aromatic carbocycles. The van der Waals surface area contributed by atoms with E-state index in [1.54, 1.807) is 0 Å². The average Bonchev–Trinajstić information content (AvgIpc) is 2.25. The monoisotopic (exact) mass is 242 g/mol. The van der Waals surface area contributed by atoms with Gasteiger partial charge in [0.2, 0.25) is 5.76 Å². The number of hydrogen-bond donors (Lipinski definition) is 2. The molecule has 0 rings (SSSR count). The fraction of sp³-hybridized carbons (Fsp3) is 0.364. The minimum Gasteiger partial charge on any atom is -0.481 e. The lowest BCUT2D eigenvalue weighted by Crippen LogP contribution is -2.19. The fourth-order valence-corrected chi connectivity index (χ4v) is 1.08. The van der Waals surface area contributed by atoms with Gasteiger partial charge in [-0.3, -0.25) is 9.59 Å². The molecule has 6 nitrogen and oxygen atoms in total. The van der Waals surface area contributed by atoms with Gasteiger partial charge in [0.25, 0.3) is 0 Å². The summed E-state index contributed by atoms with van der Waals surface area (Å²) in [4.78, 5) is 32.7. The van der Waals surface area contributed by atoms with Crippen LogP contribution in [0, 0.1) is 5.92 Å². The van der Waals surface area contributed by atoms with Crippen molar-refractivity contribution in [3.8, 4) is 0 Å². The molecule has 94 valence electrons. The highest BCUT2D eigenvalue weighted by Gasteiger charge is 2.25. The average molecular weight is 242 g/mol. The molecule has 0 aromatic rings. The molecule has 1 atom stereocenters. The first-order valence-corrected chi connectivity index (χ1v) is 4.85. The molecule has 0 saturated heterocycles. The molecule has 0 heterocycles. The highest BCUT2D eigenvalue weighted by molar-refractivity contribution is 5.90. The Hall–Kier alpha value is -2.11. The summed E-state index contributed by atoms with van der Waals surface area (Å²) in [6.45, 7) is 6.07. The van der Waals surface area contributed by atoms with E-state index in [0.29, 0.717) is 0 Å². The first-order valence-electron chi connectivity index (χ1n) is 4.85. The van der Waals surface area contributed by atoms with Gasteiger partial charge >= 0.3 is 17.9 Å². The van der Waals surface area contributed by atoms with Gasteiger partial charge in [0.05, 0.1) is 5.92 Å². The van der Waals surface area contributed by atoms with Gasteiger partial charge in [-0.15, -0.1) is 6.58 Å². The topological polar surface area (TPSA) is 101 Å². The number of carboxylic acid groups (broad SMARTS) is 2. The molecule has 0 aliphatic heterocycles. The highest BCUT2D eigenvalue weighted by atomic mass is 16.6. The molecule has 0 aliphatic carbocycles. The van der Waals surface area contributed by atoms with E-state index in [9.17, 15) is 14.4 Å². The van der Waals surface area contributed by atoms with Gasteiger partial charge in [-0.1, -0.05) is 13.0 Å². The lowest BCUT2D eigenvalue weighted by Gasteiger charge is -2.12. The van der Waals surface area contributed by atoms with Gasteiger partial charge in [-0.2, -0.15) is 0 Å². The zero-order chi connectivity index (χ0) is 13.6. The van der Waals surface area contributed by atoms with Gasteiger partial charge in [0.15, 0.2) is 0 Å². The van der Waals surface area contributed by atoms with Gasteiger partial charge in [-0.05, 0) is 12.5 Å². The van der Waals surface area contributed by atoms with E-state index in [0.717, 1.165) is 6.08 Å². The summed E-state index contributed by atoms with van der Waals surface area (Å²) < 4.78 is 4.59. The van der Waals surface area contributed by atoms with Crippen molar-refractivity contribution in [1.82, 2.24) is 0 Å². The lowest BCUT2D eigenvalue weighted by molar-refractivity contribution is -0.148. The van der Waals surface area contributed by atoms with Crippen molar-refractivity contribution >= 4 is 17.9 Å². The Morgan fingerprint density at radius 3 is 2.18 bits per heavy atom. The van der Waals surface area contributed by atoms with Crippen molar-refractivity contribution in [2.75, 3.05) is 0 Å². The molecule has 6 heteroatoms. The van der Waals surface area contributed by atoms with Crippen LogP contribution < -0.4 is 0 Å². The molecular formula is C11H14O6. The molecule has 0 aliphatic rings. The summed E-state index contributed by atoms with van der Waals surface area (Å²) in [5.74, 6) is -5.36. The molecule has 1 unspecified atom stereocenters. The van der Waals surface area contributed by atoms with Crippen LogP contribution in [-0.4, -0.2) is 28.1 Å². The normalized spacial score (nSPS) is 13.3. The zero-order valence-corrected chi connectivity index (χ0v) is 9.60. The van der Waals surface area contributed by atoms with E-state index >= 15 is 0 Å². The first-order chi connectivity index (χ1) is 7.84. The van der Waals surface area contributed by atoms with Crippen LogP contribution in [0.5, 0.6) is 0 Å². The van der Waals surface area contributed by atoms with Crippen LogP contribution in [0.15, 0.2) is 24.0 Å². The molecule has 0 spiro atoms. The summed E-state index contributed by atoms with van der Waals surface area (Å²) in [7, 11) is 0. The van der Waals surface area contributed by atoms with Crippen molar-refractivity contribution < 1.29 is 29.3 Å². The van der Waals surface area contributed by atoms with Crippen molar-refractivity contribution in [2.45, 2.75) is 20.3 Å². The summed E-state index contributed by atoms with van der Waals surface area (Å²) in [6.07, 6.45) is 1.07. The predicted octanol–water partition coefficient (Wildman–Crippen LogP) is 1.19. The van der Waals surface area contributed by atoms with Crippen LogP contribution in [0.4, 0.5) is 0 Å². The number of esters is 1. The second kappa shape index (κ2) is 6.47. The van der Waals surface area contributed by atoms with Gasteiger partial charge in [-0.25, -0.2) is 4.79 Å². The smallest absolute Gasteiger partial charge is 0.371 e. The molecule has 0 aromatic heterocycles. The molecule has 2 N–H and O–H groups in total. The Balaban J connectivity index is 5.38. The predicted molar refractivity (Wildman–Crippen MR) is 58.0 cm³/mol. The second-order valence-electron chi connectivity index (χ2n) is 3.20. The van der Waals surface area contributed by atoms with Crippen molar-refractivity contribution in [3.63, 3.8) is 0 Å². The van der Waals surface area contributed by atoms with E-state index in [2.05, 4.69) is 11.3 Å². The van der Waals surface area contributed by atoms with Crippen LogP contribution in [0.2, 0.25) is 0 Å². The second-order valence-corrected chi connectivity index (χ2v) is 3.20. The first kappa shape index (κ1) is 14.9. The van der Waals surface area contributed by atoms with Crippen LogP contribution in [0.25, 0.3) is 0 Å². The fourth-order valence-electron chi connectivity index (χ4n) is 1.08. The maximum atomic E-state index is 11.0. The maximum Gasteiger partial charge on any atom is 0.371 e. The molecular weight excluding hydrogens is 228 g/mol. The standard InChI is InChI=1S/C11H14O6/c1-4-7(10(13)14)6(3)9(11(15)16)17-8(12)5-2/h4,7H,1,5H2,2-3H3,(H,13,14)(H,15,16). The third-order valence-corrected chi connectivity index (χ3v) is 2.03. The molecule has 0 saturated carbocycles. The number of carboxylic acids is 2. The number of aliphatic carboxylic acids is 2. The number of hydrogen-bond acceptors (Lipinski definition) is 4. The van der Waals surface area contributed by atoms with Crippen LogP contribution in [0.3, 0.4) is 0 Å². The third-order valence-electron chi connectivity index (χ3n) is 2.03. The minimum absolute atomic E-state index is 0.00408. The summed E-state index contributed by atoms with van der Waals surface area (Å²) in [5.41, 5.74) is -0.0817. The van der Waals surface area contributed by atoms with Crippen LogP contribution >= 0.6 is 0 Å². The van der Waals surface area contributed by atoms with E-state index in [4.69, 9.17) is 10.2 Å². The van der Waals surface area contributed by atoms with Crippen molar-refractivity contribution in [1.29, 1.82) is 0 Å². The van der Waals surface area contributed by atoms with Gasteiger partial charge < -0.3 is 14.9 Å². The lowest BCUT2D eigenvalue weighted by atomic mass is 9.99. The summed E-state index contributed by atoms with van der Waals surface area (Å²) in [5, 5.41) is 17.7.